The van der Waals surface area contributed by atoms with E-state index >= 15 is 0 Å². The molecule has 1 saturated carbocycles. The summed E-state index contributed by atoms with van der Waals surface area (Å²) in [4.78, 5) is 28.1. The van der Waals surface area contributed by atoms with Gasteiger partial charge >= 0.3 is 0 Å². The molecule has 32 heavy (non-hydrogen) atoms. The molecule has 166 valence electrons. The largest absolute Gasteiger partial charge is 0.507 e. The van der Waals surface area contributed by atoms with E-state index in [4.69, 9.17) is 21.1 Å². The summed E-state index contributed by atoms with van der Waals surface area (Å²) in [6, 6.07) is 11.4. The third kappa shape index (κ3) is 3.62. The Morgan fingerprint density at radius 3 is 2.34 bits per heavy atom. The fourth-order valence-corrected chi connectivity index (χ4v) is 5.03. The first-order chi connectivity index (χ1) is 15.5. The Morgan fingerprint density at radius 2 is 1.62 bits per heavy atom. The van der Waals surface area contributed by atoms with Crippen LogP contribution in [-0.4, -0.2) is 41.0 Å². The molecule has 1 atom stereocenters. The van der Waals surface area contributed by atoms with Gasteiger partial charge in [-0.2, -0.15) is 0 Å². The minimum Gasteiger partial charge on any atom is -0.507 e. The van der Waals surface area contributed by atoms with Crippen molar-refractivity contribution in [1.29, 1.82) is 0 Å². The van der Waals surface area contributed by atoms with Gasteiger partial charge in [-0.25, -0.2) is 0 Å². The summed E-state index contributed by atoms with van der Waals surface area (Å²) in [6.45, 7) is 0.870. The van der Waals surface area contributed by atoms with Crippen molar-refractivity contribution >= 4 is 29.1 Å². The van der Waals surface area contributed by atoms with Gasteiger partial charge in [-0.15, -0.1) is 0 Å². The Balaban J connectivity index is 1.63. The summed E-state index contributed by atoms with van der Waals surface area (Å²) >= 11 is 6.09. The lowest BCUT2D eigenvalue weighted by Crippen LogP contribution is -2.40. The predicted molar refractivity (Wildman–Crippen MR) is 120 cm³/mol. The lowest BCUT2D eigenvalue weighted by Gasteiger charge is -2.35. The van der Waals surface area contributed by atoms with Crippen molar-refractivity contribution in [3.8, 4) is 11.5 Å². The minimum atomic E-state index is -0.664. The highest BCUT2D eigenvalue weighted by Crippen LogP contribution is 2.44. The maximum Gasteiger partial charge on any atom is 0.295 e. The number of aliphatic hydroxyl groups is 1. The minimum absolute atomic E-state index is 0.0357. The number of halogens is 1. The normalized spacial score (nSPS) is 22.9. The van der Waals surface area contributed by atoms with Gasteiger partial charge in [0.2, 0.25) is 0 Å². The second kappa shape index (κ2) is 8.51. The monoisotopic (exact) mass is 453 g/mol. The smallest absolute Gasteiger partial charge is 0.295 e. The van der Waals surface area contributed by atoms with Crippen LogP contribution in [0, 0.1) is 0 Å². The number of carbonyl (C=O) groups is 2. The molecule has 0 radical (unpaired) electrons. The molecular weight excluding hydrogens is 430 g/mol. The van der Waals surface area contributed by atoms with Crippen LogP contribution in [0.1, 0.15) is 49.3 Å². The molecular formula is C25H24ClNO5. The summed E-state index contributed by atoms with van der Waals surface area (Å²) in [7, 11) is 0. The van der Waals surface area contributed by atoms with Crippen LogP contribution < -0.4 is 9.47 Å². The maximum atomic E-state index is 13.2. The Labute approximate surface area is 191 Å². The van der Waals surface area contributed by atoms with E-state index in [1.54, 1.807) is 35.2 Å². The highest BCUT2D eigenvalue weighted by atomic mass is 35.5. The highest BCUT2D eigenvalue weighted by molar-refractivity contribution is 6.46. The van der Waals surface area contributed by atoms with Gasteiger partial charge in [0.1, 0.15) is 19.0 Å². The predicted octanol–water partition coefficient (Wildman–Crippen LogP) is 4.87. The molecule has 1 saturated heterocycles. The number of amides is 1. The van der Waals surface area contributed by atoms with E-state index in [1.807, 2.05) is 12.1 Å². The molecule has 1 unspecified atom stereocenters. The van der Waals surface area contributed by atoms with Crippen LogP contribution in [0.3, 0.4) is 0 Å². The highest BCUT2D eigenvalue weighted by Gasteiger charge is 2.48. The standard InChI is InChI=1S/C25H24ClNO5/c26-17-9-6-15(7-10-17)22-21(24(29)25(30)27(22)18-4-2-1-3-5-18)23(28)16-8-11-19-20(14-16)32-13-12-31-19/h6-11,14,18,22,28H,1-5,12-13H2/b23-21-. The summed E-state index contributed by atoms with van der Waals surface area (Å²) in [5.74, 6) is -0.341. The molecule has 1 N–H and O–H groups in total. The number of hydrogen-bond donors (Lipinski definition) is 1. The summed E-state index contributed by atoms with van der Waals surface area (Å²) in [6.07, 6.45) is 4.86. The van der Waals surface area contributed by atoms with Crippen LogP contribution >= 0.6 is 11.6 Å². The number of Topliss-reactive ketones (excluding diaryl/α,β-unsaturated/α-hetero) is 1. The summed E-state index contributed by atoms with van der Waals surface area (Å²) in [5, 5.41) is 11.8. The molecule has 6 nitrogen and oxygen atoms in total. The van der Waals surface area contributed by atoms with Crippen molar-refractivity contribution < 1.29 is 24.2 Å². The molecule has 3 aliphatic rings. The van der Waals surface area contributed by atoms with E-state index in [2.05, 4.69) is 0 Å². The number of carbonyl (C=O) groups excluding carboxylic acids is 2. The first-order valence-electron chi connectivity index (χ1n) is 11.0. The molecule has 5 rings (SSSR count). The number of ketones is 1. The number of rotatable bonds is 3. The molecule has 0 bridgehead atoms. The Kier molecular flexibility index (Phi) is 5.55. The number of aliphatic hydroxyl groups excluding tert-OH is 1. The number of benzene rings is 2. The molecule has 2 fully saturated rings. The molecule has 2 aromatic rings. The average Bonchev–Trinajstić information content (AvgIpc) is 3.09. The molecule has 2 aliphatic heterocycles. The van der Waals surface area contributed by atoms with Crippen LogP contribution in [0.15, 0.2) is 48.0 Å². The van der Waals surface area contributed by atoms with Crippen LogP contribution in [0.25, 0.3) is 5.76 Å². The van der Waals surface area contributed by atoms with Gasteiger partial charge in [-0.1, -0.05) is 43.0 Å². The first-order valence-corrected chi connectivity index (χ1v) is 11.4. The van der Waals surface area contributed by atoms with Crippen molar-refractivity contribution in [2.24, 2.45) is 0 Å². The number of ether oxygens (including phenoxy) is 2. The Morgan fingerprint density at radius 1 is 0.938 bits per heavy atom. The first kappa shape index (κ1) is 20.9. The van der Waals surface area contributed by atoms with Gasteiger partial charge in [0.25, 0.3) is 11.7 Å². The summed E-state index contributed by atoms with van der Waals surface area (Å²) < 4.78 is 11.2. The third-order valence-electron chi connectivity index (χ3n) is 6.45. The second-order valence-corrected chi connectivity index (χ2v) is 8.84. The van der Waals surface area contributed by atoms with Crippen molar-refractivity contribution in [2.75, 3.05) is 13.2 Å². The van der Waals surface area contributed by atoms with E-state index in [0.29, 0.717) is 35.3 Å². The van der Waals surface area contributed by atoms with Crippen LogP contribution in [-0.2, 0) is 9.59 Å². The molecule has 2 heterocycles. The van der Waals surface area contributed by atoms with Gasteiger partial charge in [-0.3, -0.25) is 9.59 Å². The SMILES string of the molecule is O=C1C(=O)N(C2CCCCC2)C(c2ccc(Cl)cc2)/C1=C(/O)c1ccc2c(c1)OCCO2. The lowest BCUT2D eigenvalue weighted by atomic mass is 9.91. The molecule has 1 amide bonds. The van der Waals surface area contributed by atoms with Crippen LogP contribution in [0.2, 0.25) is 5.02 Å². The Hall–Kier alpha value is -2.99. The van der Waals surface area contributed by atoms with Gasteiger partial charge < -0.3 is 19.5 Å². The Bertz CT molecular complexity index is 1090. The average molecular weight is 454 g/mol. The van der Waals surface area contributed by atoms with Crippen molar-refractivity contribution in [3.05, 3.63) is 64.2 Å². The number of hydrogen-bond acceptors (Lipinski definition) is 5. The van der Waals surface area contributed by atoms with E-state index in [9.17, 15) is 14.7 Å². The van der Waals surface area contributed by atoms with E-state index in [1.165, 1.54) is 0 Å². The fraction of sp³-hybridized carbons (Fsp3) is 0.360. The molecule has 2 aromatic carbocycles. The van der Waals surface area contributed by atoms with Crippen LogP contribution in [0.4, 0.5) is 0 Å². The van der Waals surface area contributed by atoms with Gasteiger partial charge in [0.05, 0.1) is 11.6 Å². The molecule has 0 aromatic heterocycles. The summed E-state index contributed by atoms with van der Waals surface area (Å²) in [5.41, 5.74) is 1.26. The van der Waals surface area contributed by atoms with Gasteiger partial charge in [0, 0.05) is 16.6 Å². The maximum absolute atomic E-state index is 13.2. The van der Waals surface area contributed by atoms with E-state index < -0.39 is 17.7 Å². The second-order valence-electron chi connectivity index (χ2n) is 8.41. The van der Waals surface area contributed by atoms with Gasteiger partial charge in [-0.05, 0) is 48.7 Å². The zero-order chi connectivity index (χ0) is 22.2. The van der Waals surface area contributed by atoms with Gasteiger partial charge in [0.15, 0.2) is 11.5 Å². The fourth-order valence-electron chi connectivity index (χ4n) is 4.90. The van der Waals surface area contributed by atoms with Crippen molar-refractivity contribution in [2.45, 2.75) is 44.2 Å². The van der Waals surface area contributed by atoms with E-state index in [0.717, 1.165) is 37.7 Å². The number of likely N-dealkylation sites (tertiary alicyclic amines) is 1. The topological polar surface area (TPSA) is 76.1 Å². The molecule has 7 heteroatoms. The third-order valence-corrected chi connectivity index (χ3v) is 6.70. The number of fused-ring (bicyclic) bond motifs is 1. The van der Waals surface area contributed by atoms with Crippen LogP contribution in [0.5, 0.6) is 11.5 Å². The zero-order valence-corrected chi connectivity index (χ0v) is 18.3. The number of nitrogens with zero attached hydrogens (tertiary/aromatic N) is 1. The van der Waals surface area contributed by atoms with Crippen molar-refractivity contribution in [3.63, 3.8) is 0 Å². The lowest BCUT2D eigenvalue weighted by molar-refractivity contribution is -0.141. The van der Waals surface area contributed by atoms with E-state index in [-0.39, 0.29) is 17.4 Å². The quantitative estimate of drug-likeness (QED) is 0.408. The molecule has 1 aliphatic carbocycles. The van der Waals surface area contributed by atoms with Crippen molar-refractivity contribution in [1.82, 2.24) is 4.90 Å². The zero-order valence-electron chi connectivity index (χ0n) is 17.6. The molecule has 0 spiro atoms.